The summed E-state index contributed by atoms with van der Waals surface area (Å²) in [6.07, 6.45) is 0.904. The van der Waals surface area contributed by atoms with Crippen molar-refractivity contribution in [1.29, 1.82) is 0 Å². The van der Waals surface area contributed by atoms with E-state index in [-0.39, 0.29) is 0 Å². The summed E-state index contributed by atoms with van der Waals surface area (Å²) in [4.78, 5) is 7.25. The quantitative estimate of drug-likeness (QED) is 0.521. The van der Waals surface area contributed by atoms with E-state index in [0.717, 1.165) is 33.6 Å². The second-order valence-corrected chi connectivity index (χ2v) is 6.35. The summed E-state index contributed by atoms with van der Waals surface area (Å²) in [5.41, 5.74) is 13.5. The third kappa shape index (κ3) is 1.33. The van der Waals surface area contributed by atoms with Crippen molar-refractivity contribution in [3.05, 3.63) is 46.0 Å². The number of aryl methyl sites for hydroxylation is 2. The molecule has 0 aliphatic heterocycles. The van der Waals surface area contributed by atoms with Crippen LogP contribution in [0.1, 0.15) is 21.7 Å². The van der Waals surface area contributed by atoms with Crippen LogP contribution in [0.3, 0.4) is 0 Å². The maximum absolute atomic E-state index is 6.47. The molecule has 3 heteroatoms. The van der Waals surface area contributed by atoms with Gasteiger partial charge in [-0.15, -0.1) is 11.3 Å². The van der Waals surface area contributed by atoms with Gasteiger partial charge in [0.25, 0.3) is 0 Å². The van der Waals surface area contributed by atoms with Gasteiger partial charge in [-0.1, -0.05) is 24.3 Å². The first-order chi connectivity index (χ1) is 9.16. The van der Waals surface area contributed by atoms with Gasteiger partial charge in [0.15, 0.2) is 0 Å². The topological polar surface area (TPSA) is 38.9 Å². The van der Waals surface area contributed by atoms with Crippen LogP contribution in [0.4, 0.5) is 5.69 Å². The smallest absolute Gasteiger partial charge is 0.126 e. The SMILES string of the molecule is Cc1sc2nc3c(c(N)c2c1C)-c1ccccc1C3. The van der Waals surface area contributed by atoms with Crippen molar-refractivity contribution in [2.24, 2.45) is 0 Å². The van der Waals surface area contributed by atoms with Gasteiger partial charge in [0.1, 0.15) is 4.83 Å². The minimum Gasteiger partial charge on any atom is -0.398 e. The Balaban J connectivity index is 2.15. The Morgan fingerprint density at radius 1 is 1.21 bits per heavy atom. The first kappa shape index (κ1) is 11.0. The number of nitrogens with two attached hydrogens (primary N) is 1. The highest BCUT2D eigenvalue weighted by atomic mass is 32.1. The minimum atomic E-state index is 0.904. The van der Waals surface area contributed by atoms with E-state index < -0.39 is 0 Å². The molecule has 0 saturated heterocycles. The molecule has 1 aliphatic carbocycles. The number of benzene rings is 1. The predicted molar refractivity (Wildman–Crippen MR) is 81.7 cm³/mol. The molecule has 0 radical (unpaired) electrons. The Morgan fingerprint density at radius 3 is 2.84 bits per heavy atom. The fraction of sp³-hybridized carbons (Fsp3) is 0.188. The van der Waals surface area contributed by atoms with Gasteiger partial charge in [-0.05, 0) is 30.5 Å². The van der Waals surface area contributed by atoms with Crippen molar-refractivity contribution in [2.75, 3.05) is 5.73 Å². The largest absolute Gasteiger partial charge is 0.398 e. The Labute approximate surface area is 115 Å². The molecule has 0 spiro atoms. The average molecular weight is 266 g/mol. The lowest BCUT2D eigenvalue weighted by molar-refractivity contribution is 1.16. The molecule has 0 fully saturated rings. The first-order valence-corrected chi connectivity index (χ1v) is 7.25. The van der Waals surface area contributed by atoms with Gasteiger partial charge in [-0.25, -0.2) is 4.98 Å². The standard InChI is InChI=1S/C16H14N2S/c1-8-9(2)19-16-13(8)15(17)14-11-6-4-3-5-10(11)7-12(14)18-16/h3-6H,7H2,1-2H3,(H2,17,18). The number of fused-ring (bicyclic) bond motifs is 4. The Hall–Kier alpha value is -1.87. The van der Waals surface area contributed by atoms with Crippen LogP contribution in [-0.4, -0.2) is 4.98 Å². The minimum absolute atomic E-state index is 0.904. The predicted octanol–water partition coefficient (Wildman–Crippen LogP) is 4.07. The maximum Gasteiger partial charge on any atom is 0.126 e. The molecule has 0 atom stereocenters. The summed E-state index contributed by atoms with van der Waals surface area (Å²) in [5, 5.41) is 1.15. The van der Waals surface area contributed by atoms with E-state index in [0.29, 0.717) is 0 Å². The Bertz CT molecular complexity index is 830. The van der Waals surface area contributed by atoms with Crippen LogP contribution in [0.25, 0.3) is 21.3 Å². The molecule has 2 N–H and O–H groups in total. The van der Waals surface area contributed by atoms with Gasteiger partial charge in [-0.3, -0.25) is 0 Å². The second-order valence-electron chi connectivity index (χ2n) is 5.14. The van der Waals surface area contributed by atoms with Gasteiger partial charge in [-0.2, -0.15) is 0 Å². The molecule has 2 heterocycles. The molecule has 19 heavy (non-hydrogen) atoms. The van der Waals surface area contributed by atoms with Gasteiger partial charge >= 0.3 is 0 Å². The number of anilines is 1. The monoisotopic (exact) mass is 266 g/mol. The zero-order valence-electron chi connectivity index (χ0n) is 10.9. The summed E-state index contributed by atoms with van der Waals surface area (Å²) in [7, 11) is 0. The fourth-order valence-electron chi connectivity index (χ4n) is 2.99. The summed E-state index contributed by atoms with van der Waals surface area (Å²) < 4.78 is 0. The fourth-order valence-corrected chi connectivity index (χ4v) is 4.06. The molecule has 1 aromatic carbocycles. The molecule has 2 aromatic heterocycles. The van der Waals surface area contributed by atoms with Crippen LogP contribution in [0.15, 0.2) is 24.3 Å². The van der Waals surface area contributed by atoms with Crippen LogP contribution >= 0.6 is 11.3 Å². The van der Waals surface area contributed by atoms with Crippen LogP contribution in [0.5, 0.6) is 0 Å². The van der Waals surface area contributed by atoms with Crippen molar-refractivity contribution in [3.8, 4) is 11.1 Å². The third-order valence-corrected chi connectivity index (χ3v) is 5.18. The van der Waals surface area contributed by atoms with E-state index in [9.17, 15) is 0 Å². The average Bonchev–Trinajstić information content (AvgIpc) is 2.88. The second kappa shape index (κ2) is 3.58. The van der Waals surface area contributed by atoms with Gasteiger partial charge in [0.05, 0.1) is 11.4 Å². The number of hydrogen-bond acceptors (Lipinski definition) is 3. The van der Waals surface area contributed by atoms with Crippen molar-refractivity contribution in [3.63, 3.8) is 0 Å². The van der Waals surface area contributed by atoms with Crippen molar-refractivity contribution >= 4 is 27.2 Å². The zero-order valence-corrected chi connectivity index (χ0v) is 11.8. The molecule has 0 unspecified atom stereocenters. The third-order valence-electron chi connectivity index (χ3n) is 4.08. The van der Waals surface area contributed by atoms with E-state index in [1.54, 1.807) is 11.3 Å². The lowest BCUT2D eigenvalue weighted by Gasteiger charge is -2.07. The normalized spacial score (nSPS) is 12.7. The van der Waals surface area contributed by atoms with Crippen LogP contribution < -0.4 is 5.73 Å². The van der Waals surface area contributed by atoms with Crippen molar-refractivity contribution in [1.82, 2.24) is 4.98 Å². The maximum atomic E-state index is 6.47. The number of pyridine rings is 1. The Morgan fingerprint density at radius 2 is 2.00 bits per heavy atom. The summed E-state index contributed by atoms with van der Waals surface area (Å²) in [5.74, 6) is 0. The van der Waals surface area contributed by atoms with E-state index in [1.807, 2.05) is 0 Å². The number of aromatic nitrogens is 1. The lowest BCUT2D eigenvalue weighted by Crippen LogP contribution is -1.95. The molecular formula is C16H14N2S. The molecule has 4 rings (SSSR count). The highest BCUT2D eigenvalue weighted by Gasteiger charge is 2.25. The zero-order chi connectivity index (χ0) is 13.1. The van der Waals surface area contributed by atoms with Gasteiger partial charge < -0.3 is 5.73 Å². The highest BCUT2D eigenvalue weighted by Crippen LogP contribution is 2.45. The van der Waals surface area contributed by atoms with Crippen LogP contribution in [0.2, 0.25) is 0 Å². The number of thiophene rings is 1. The van der Waals surface area contributed by atoms with E-state index in [4.69, 9.17) is 10.7 Å². The molecule has 3 aromatic rings. The number of nitrogens with zero attached hydrogens (tertiary/aromatic N) is 1. The highest BCUT2D eigenvalue weighted by molar-refractivity contribution is 7.18. The number of hydrogen-bond donors (Lipinski definition) is 1. The molecule has 0 saturated carbocycles. The molecule has 0 bridgehead atoms. The van der Waals surface area contributed by atoms with Crippen LogP contribution in [-0.2, 0) is 6.42 Å². The molecule has 94 valence electrons. The molecule has 1 aliphatic rings. The summed E-state index contributed by atoms with van der Waals surface area (Å²) in [6.45, 7) is 4.28. The van der Waals surface area contributed by atoms with E-state index in [2.05, 4.69) is 38.1 Å². The van der Waals surface area contributed by atoms with Gasteiger partial charge in [0.2, 0.25) is 0 Å². The Kier molecular flexibility index (Phi) is 2.07. The lowest BCUT2D eigenvalue weighted by atomic mass is 10.0. The molecule has 2 nitrogen and oxygen atoms in total. The summed E-state index contributed by atoms with van der Waals surface area (Å²) >= 11 is 1.75. The molecule has 0 amide bonds. The van der Waals surface area contributed by atoms with E-state index >= 15 is 0 Å². The van der Waals surface area contributed by atoms with Crippen molar-refractivity contribution in [2.45, 2.75) is 20.3 Å². The van der Waals surface area contributed by atoms with Gasteiger partial charge in [0, 0.05) is 22.2 Å². The van der Waals surface area contributed by atoms with Crippen LogP contribution in [0, 0.1) is 13.8 Å². The number of rotatable bonds is 0. The number of nitrogen functional groups attached to an aromatic ring is 1. The summed E-state index contributed by atoms with van der Waals surface area (Å²) in [6, 6.07) is 8.48. The van der Waals surface area contributed by atoms with Crippen molar-refractivity contribution < 1.29 is 0 Å². The molecular weight excluding hydrogens is 252 g/mol. The first-order valence-electron chi connectivity index (χ1n) is 6.43. The van der Waals surface area contributed by atoms with E-state index in [1.165, 1.54) is 21.6 Å².